The third-order valence-electron chi connectivity index (χ3n) is 3.61. The topological polar surface area (TPSA) is 41.9 Å². The summed E-state index contributed by atoms with van der Waals surface area (Å²) < 4.78 is 5.22. The van der Waals surface area contributed by atoms with Crippen LogP contribution in [0.15, 0.2) is 65.8 Å². The van der Waals surface area contributed by atoms with Gasteiger partial charge in [0.1, 0.15) is 5.92 Å². The molecule has 0 saturated heterocycles. The fourth-order valence-corrected chi connectivity index (χ4v) is 2.56. The minimum atomic E-state index is -0.359. The number of ether oxygens (including phenoxy) is 1. The van der Waals surface area contributed by atoms with Gasteiger partial charge in [-0.2, -0.15) is 5.10 Å². The molecule has 2 aromatic carbocycles. The van der Waals surface area contributed by atoms with Gasteiger partial charge < -0.3 is 4.74 Å². The summed E-state index contributed by atoms with van der Waals surface area (Å²) in [5.74, 6) is -0.578. The summed E-state index contributed by atoms with van der Waals surface area (Å²) in [6.07, 6.45) is 0. The van der Waals surface area contributed by atoms with Crippen molar-refractivity contribution < 1.29 is 9.53 Å². The van der Waals surface area contributed by atoms with Crippen molar-refractivity contribution in [3.05, 3.63) is 66.2 Å². The highest BCUT2D eigenvalue weighted by Gasteiger charge is 2.35. The molecule has 4 heteroatoms. The SMILES string of the molecule is CCOC(=O)C1CN(c2ccccc2)N=C1c1ccccc1. The second kappa shape index (κ2) is 6.43. The summed E-state index contributed by atoms with van der Waals surface area (Å²) in [7, 11) is 0. The van der Waals surface area contributed by atoms with Crippen molar-refractivity contribution in [2.45, 2.75) is 6.92 Å². The van der Waals surface area contributed by atoms with Crippen molar-refractivity contribution in [3.8, 4) is 0 Å². The maximum Gasteiger partial charge on any atom is 0.317 e. The van der Waals surface area contributed by atoms with Crippen LogP contribution in [-0.2, 0) is 9.53 Å². The van der Waals surface area contributed by atoms with Crippen LogP contribution in [0.5, 0.6) is 0 Å². The summed E-state index contributed by atoms with van der Waals surface area (Å²) in [6, 6.07) is 19.7. The quantitative estimate of drug-likeness (QED) is 0.814. The number of carbonyl (C=O) groups excluding carboxylic acids is 1. The van der Waals surface area contributed by atoms with E-state index in [9.17, 15) is 4.79 Å². The minimum absolute atomic E-state index is 0.219. The van der Waals surface area contributed by atoms with E-state index in [-0.39, 0.29) is 11.9 Å². The minimum Gasteiger partial charge on any atom is -0.465 e. The van der Waals surface area contributed by atoms with Crippen LogP contribution in [0.25, 0.3) is 0 Å². The number of nitrogens with zero attached hydrogens (tertiary/aromatic N) is 2. The average Bonchev–Trinajstić information content (AvgIpc) is 3.02. The Morgan fingerprint density at radius 2 is 1.77 bits per heavy atom. The van der Waals surface area contributed by atoms with Crippen molar-refractivity contribution >= 4 is 17.4 Å². The number of carbonyl (C=O) groups is 1. The van der Waals surface area contributed by atoms with Crippen LogP contribution in [0, 0.1) is 5.92 Å². The van der Waals surface area contributed by atoms with Crippen LogP contribution < -0.4 is 5.01 Å². The molecule has 0 aromatic heterocycles. The normalized spacial score (nSPS) is 17.2. The standard InChI is InChI=1S/C18H18N2O2/c1-2-22-18(21)16-13-20(15-11-7-4-8-12-15)19-17(16)14-9-5-3-6-10-14/h3-12,16H,2,13H2,1H3. The molecule has 0 radical (unpaired) electrons. The summed E-state index contributed by atoms with van der Waals surface area (Å²) in [5, 5.41) is 6.53. The molecule has 3 rings (SSSR count). The summed E-state index contributed by atoms with van der Waals surface area (Å²) in [5.41, 5.74) is 2.70. The van der Waals surface area contributed by atoms with E-state index in [4.69, 9.17) is 4.74 Å². The van der Waals surface area contributed by atoms with E-state index in [1.807, 2.05) is 72.6 Å². The lowest BCUT2D eigenvalue weighted by atomic mass is 9.97. The van der Waals surface area contributed by atoms with Gasteiger partial charge in [-0.25, -0.2) is 0 Å². The first kappa shape index (κ1) is 14.3. The summed E-state index contributed by atoms with van der Waals surface area (Å²) in [4.78, 5) is 12.3. The Bertz CT molecular complexity index is 668. The number of hydrogen-bond acceptors (Lipinski definition) is 4. The summed E-state index contributed by atoms with van der Waals surface area (Å²) in [6.45, 7) is 2.71. The molecule has 0 fully saturated rings. The molecule has 0 bridgehead atoms. The third kappa shape index (κ3) is 2.86. The number of rotatable bonds is 4. The highest BCUT2D eigenvalue weighted by Crippen LogP contribution is 2.26. The molecule has 1 atom stereocenters. The van der Waals surface area contributed by atoms with E-state index < -0.39 is 0 Å². The van der Waals surface area contributed by atoms with E-state index in [2.05, 4.69) is 5.10 Å². The molecule has 0 spiro atoms. The number of esters is 1. The Morgan fingerprint density at radius 3 is 2.41 bits per heavy atom. The zero-order chi connectivity index (χ0) is 15.4. The van der Waals surface area contributed by atoms with Gasteiger partial charge in [0.15, 0.2) is 0 Å². The van der Waals surface area contributed by atoms with Crippen molar-refractivity contribution in [1.29, 1.82) is 0 Å². The predicted octanol–water partition coefficient (Wildman–Crippen LogP) is 3.09. The lowest BCUT2D eigenvalue weighted by Gasteiger charge is -2.15. The zero-order valence-electron chi connectivity index (χ0n) is 12.5. The molecular weight excluding hydrogens is 276 g/mol. The second-order valence-corrected chi connectivity index (χ2v) is 5.07. The predicted molar refractivity (Wildman–Crippen MR) is 86.9 cm³/mol. The van der Waals surface area contributed by atoms with Gasteiger partial charge in [-0.1, -0.05) is 48.5 Å². The van der Waals surface area contributed by atoms with Gasteiger partial charge in [-0.3, -0.25) is 9.80 Å². The van der Waals surface area contributed by atoms with E-state index in [1.54, 1.807) is 0 Å². The van der Waals surface area contributed by atoms with Crippen molar-refractivity contribution in [2.24, 2.45) is 11.0 Å². The molecule has 4 nitrogen and oxygen atoms in total. The molecule has 0 aliphatic carbocycles. The highest BCUT2D eigenvalue weighted by molar-refractivity contribution is 6.13. The number of anilines is 1. The van der Waals surface area contributed by atoms with Gasteiger partial charge in [-0.15, -0.1) is 0 Å². The molecule has 1 heterocycles. The Hall–Kier alpha value is -2.62. The van der Waals surface area contributed by atoms with Crippen LogP contribution >= 0.6 is 0 Å². The number of hydrazone groups is 1. The van der Waals surface area contributed by atoms with E-state index in [0.717, 1.165) is 17.0 Å². The second-order valence-electron chi connectivity index (χ2n) is 5.07. The maximum absolute atomic E-state index is 12.3. The van der Waals surface area contributed by atoms with Crippen molar-refractivity contribution in [2.75, 3.05) is 18.2 Å². The third-order valence-corrected chi connectivity index (χ3v) is 3.61. The Labute approximate surface area is 130 Å². The van der Waals surface area contributed by atoms with Crippen LogP contribution in [0.2, 0.25) is 0 Å². The van der Waals surface area contributed by atoms with Gasteiger partial charge in [-0.05, 0) is 24.6 Å². The van der Waals surface area contributed by atoms with E-state index in [0.29, 0.717) is 13.2 Å². The molecule has 0 N–H and O–H groups in total. The molecule has 0 amide bonds. The van der Waals surface area contributed by atoms with E-state index >= 15 is 0 Å². The van der Waals surface area contributed by atoms with Gasteiger partial charge >= 0.3 is 5.97 Å². The van der Waals surface area contributed by atoms with Crippen LogP contribution in [-0.4, -0.2) is 24.8 Å². The average molecular weight is 294 g/mol. The number of benzene rings is 2. The van der Waals surface area contributed by atoms with Gasteiger partial charge in [0, 0.05) is 0 Å². The fourth-order valence-electron chi connectivity index (χ4n) is 2.56. The number of hydrogen-bond donors (Lipinski definition) is 0. The molecule has 22 heavy (non-hydrogen) atoms. The molecular formula is C18H18N2O2. The first-order chi connectivity index (χ1) is 10.8. The van der Waals surface area contributed by atoms with Crippen LogP contribution in [0.4, 0.5) is 5.69 Å². The molecule has 1 aliphatic rings. The Morgan fingerprint density at radius 1 is 1.14 bits per heavy atom. The van der Waals surface area contributed by atoms with Gasteiger partial charge in [0.05, 0.1) is 24.6 Å². The first-order valence-corrected chi connectivity index (χ1v) is 7.42. The van der Waals surface area contributed by atoms with Gasteiger partial charge in [0.25, 0.3) is 0 Å². The fraction of sp³-hybridized carbons (Fsp3) is 0.222. The monoisotopic (exact) mass is 294 g/mol. The lowest BCUT2D eigenvalue weighted by Crippen LogP contribution is -2.29. The summed E-state index contributed by atoms with van der Waals surface area (Å²) >= 11 is 0. The van der Waals surface area contributed by atoms with E-state index in [1.165, 1.54) is 0 Å². The molecule has 0 saturated carbocycles. The zero-order valence-corrected chi connectivity index (χ0v) is 12.5. The largest absolute Gasteiger partial charge is 0.465 e. The highest BCUT2D eigenvalue weighted by atomic mass is 16.5. The Balaban J connectivity index is 1.94. The molecule has 1 aliphatic heterocycles. The Kier molecular flexibility index (Phi) is 4.19. The van der Waals surface area contributed by atoms with Gasteiger partial charge in [0.2, 0.25) is 0 Å². The number of para-hydroxylation sites is 1. The van der Waals surface area contributed by atoms with Crippen LogP contribution in [0.3, 0.4) is 0 Å². The van der Waals surface area contributed by atoms with Crippen molar-refractivity contribution in [3.63, 3.8) is 0 Å². The molecule has 1 unspecified atom stereocenters. The maximum atomic E-state index is 12.3. The molecule has 2 aromatic rings. The lowest BCUT2D eigenvalue weighted by molar-refractivity contribution is -0.145. The van der Waals surface area contributed by atoms with Crippen LogP contribution in [0.1, 0.15) is 12.5 Å². The first-order valence-electron chi connectivity index (χ1n) is 7.42. The molecule has 112 valence electrons. The van der Waals surface area contributed by atoms with Crippen molar-refractivity contribution in [1.82, 2.24) is 0 Å². The smallest absolute Gasteiger partial charge is 0.317 e.